The topological polar surface area (TPSA) is 94.6 Å². The lowest BCUT2D eigenvalue weighted by Gasteiger charge is -2.30. The molecule has 3 rings (SSSR count). The summed E-state index contributed by atoms with van der Waals surface area (Å²) >= 11 is 0. The quantitative estimate of drug-likeness (QED) is 0.735. The fourth-order valence-electron chi connectivity index (χ4n) is 3.69. The van der Waals surface area contributed by atoms with Crippen LogP contribution in [0.25, 0.3) is 0 Å². The van der Waals surface area contributed by atoms with Gasteiger partial charge in [-0.3, -0.25) is 14.5 Å². The van der Waals surface area contributed by atoms with Crippen LogP contribution in [0.2, 0.25) is 0 Å². The number of hydrogen-bond donors (Lipinski definition) is 2. The Morgan fingerprint density at radius 2 is 2.04 bits per heavy atom. The number of carbonyl (C=O) groups is 3. The summed E-state index contributed by atoms with van der Waals surface area (Å²) in [6.45, 7) is 0.490. The predicted octanol–water partition coefficient (Wildman–Crippen LogP) is 1.41. The van der Waals surface area contributed by atoms with Gasteiger partial charge < -0.3 is 15.5 Å². The predicted molar refractivity (Wildman–Crippen MR) is 101 cm³/mol. The molecule has 1 saturated heterocycles. The number of pyridine rings is 1. The van der Waals surface area contributed by atoms with E-state index >= 15 is 0 Å². The molecule has 1 aromatic rings. The molecule has 1 aliphatic carbocycles. The van der Waals surface area contributed by atoms with E-state index in [4.69, 9.17) is 0 Å². The summed E-state index contributed by atoms with van der Waals surface area (Å²) in [5.74, 6) is 0.451. The zero-order valence-electron chi connectivity index (χ0n) is 16.0. The molecule has 1 saturated carbocycles. The minimum atomic E-state index is -0.731. The van der Waals surface area contributed by atoms with E-state index in [1.54, 1.807) is 6.20 Å². The molecular weight excluding hydrogens is 346 g/mol. The molecule has 0 unspecified atom stereocenters. The first-order valence-corrected chi connectivity index (χ1v) is 9.44. The number of aromatic nitrogens is 1. The maximum atomic E-state index is 12.7. The Morgan fingerprint density at radius 3 is 2.74 bits per heavy atom. The fourth-order valence-corrected chi connectivity index (χ4v) is 3.69. The molecule has 0 aromatic carbocycles. The SMILES string of the molecule is CN(C)c1cc(CNC(=O)CCN2C(=O)NC3(CCCCC3)C2=O)ccn1. The first-order chi connectivity index (χ1) is 12.9. The number of anilines is 1. The van der Waals surface area contributed by atoms with Crippen molar-refractivity contribution in [2.45, 2.75) is 50.6 Å². The van der Waals surface area contributed by atoms with Gasteiger partial charge in [-0.1, -0.05) is 19.3 Å². The zero-order chi connectivity index (χ0) is 19.4. The van der Waals surface area contributed by atoms with Gasteiger partial charge in [-0.05, 0) is 30.5 Å². The Labute approximate surface area is 159 Å². The summed E-state index contributed by atoms with van der Waals surface area (Å²) in [7, 11) is 3.81. The summed E-state index contributed by atoms with van der Waals surface area (Å²) in [6, 6.07) is 3.38. The molecule has 2 fully saturated rings. The van der Waals surface area contributed by atoms with Gasteiger partial charge in [0.2, 0.25) is 5.91 Å². The molecule has 8 heteroatoms. The van der Waals surface area contributed by atoms with Crippen LogP contribution in [0.3, 0.4) is 0 Å². The third-order valence-electron chi connectivity index (χ3n) is 5.27. The number of amides is 4. The van der Waals surface area contributed by atoms with Gasteiger partial charge in [0.05, 0.1) is 0 Å². The monoisotopic (exact) mass is 373 g/mol. The maximum absolute atomic E-state index is 12.7. The van der Waals surface area contributed by atoms with Crippen LogP contribution in [0, 0.1) is 0 Å². The van der Waals surface area contributed by atoms with Crippen molar-refractivity contribution in [1.29, 1.82) is 0 Å². The lowest BCUT2D eigenvalue weighted by atomic mass is 9.82. The Bertz CT molecular complexity index is 728. The Kier molecular flexibility index (Phi) is 5.62. The summed E-state index contributed by atoms with van der Waals surface area (Å²) in [4.78, 5) is 44.4. The van der Waals surface area contributed by atoms with E-state index in [1.807, 2.05) is 31.1 Å². The Morgan fingerprint density at radius 1 is 1.30 bits per heavy atom. The van der Waals surface area contributed by atoms with Crippen LogP contribution in [0.4, 0.5) is 10.6 Å². The summed E-state index contributed by atoms with van der Waals surface area (Å²) < 4.78 is 0. The standard InChI is InChI=1S/C19H27N5O3/c1-23(2)15-12-14(6-10-20-15)13-21-16(25)7-11-24-17(26)19(22-18(24)27)8-4-3-5-9-19/h6,10,12H,3-5,7-9,11,13H2,1-2H3,(H,21,25)(H,22,27). The Balaban J connectivity index is 1.50. The van der Waals surface area contributed by atoms with E-state index in [0.29, 0.717) is 19.4 Å². The summed E-state index contributed by atoms with van der Waals surface area (Å²) in [6.07, 6.45) is 6.17. The van der Waals surface area contributed by atoms with Gasteiger partial charge in [-0.15, -0.1) is 0 Å². The smallest absolute Gasteiger partial charge is 0.325 e. The second-order valence-electron chi connectivity index (χ2n) is 7.47. The van der Waals surface area contributed by atoms with Crippen molar-refractivity contribution in [2.75, 3.05) is 25.5 Å². The minimum absolute atomic E-state index is 0.0981. The van der Waals surface area contributed by atoms with Crippen LogP contribution in [-0.4, -0.2) is 53.9 Å². The molecule has 27 heavy (non-hydrogen) atoms. The van der Waals surface area contributed by atoms with Gasteiger partial charge in [-0.25, -0.2) is 9.78 Å². The van der Waals surface area contributed by atoms with Crippen molar-refractivity contribution in [1.82, 2.24) is 20.5 Å². The summed E-state index contributed by atoms with van der Waals surface area (Å²) in [5, 5.41) is 5.70. The largest absolute Gasteiger partial charge is 0.363 e. The number of rotatable bonds is 6. The van der Waals surface area contributed by atoms with E-state index in [-0.39, 0.29) is 30.8 Å². The van der Waals surface area contributed by atoms with Crippen LogP contribution < -0.4 is 15.5 Å². The van der Waals surface area contributed by atoms with E-state index in [2.05, 4.69) is 15.6 Å². The van der Waals surface area contributed by atoms with Gasteiger partial charge in [0, 0.05) is 39.8 Å². The molecule has 1 aromatic heterocycles. The van der Waals surface area contributed by atoms with Crippen molar-refractivity contribution in [3.8, 4) is 0 Å². The second-order valence-corrected chi connectivity index (χ2v) is 7.47. The average Bonchev–Trinajstić information content (AvgIpc) is 2.88. The van der Waals surface area contributed by atoms with E-state index < -0.39 is 5.54 Å². The fraction of sp³-hybridized carbons (Fsp3) is 0.579. The van der Waals surface area contributed by atoms with Crippen LogP contribution in [0.5, 0.6) is 0 Å². The molecular formula is C19H27N5O3. The molecule has 146 valence electrons. The first kappa shape index (κ1) is 19.1. The highest BCUT2D eigenvalue weighted by molar-refractivity contribution is 6.07. The first-order valence-electron chi connectivity index (χ1n) is 9.44. The average molecular weight is 373 g/mol. The third kappa shape index (κ3) is 4.20. The summed E-state index contributed by atoms with van der Waals surface area (Å²) in [5.41, 5.74) is 0.212. The number of nitrogens with zero attached hydrogens (tertiary/aromatic N) is 3. The molecule has 2 heterocycles. The number of nitrogens with one attached hydrogen (secondary N) is 2. The number of urea groups is 1. The maximum Gasteiger partial charge on any atom is 0.325 e. The molecule has 8 nitrogen and oxygen atoms in total. The van der Waals surface area contributed by atoms with E-state index in [1.165, 1.54) is 4.90 Å². The van der Waals surface area contributed by atoms with Gasteiger partial charge in [0.1, 0.15) is 11.4 Å². The van der Waals surface area contributed by atoms with E-state index in [9.17, 15) is 14.4 Å². The lowest BCUT2D eigenvalue weighted by Crippen LogP contribution is -2.48. The van der Waals surface area contributed by atoms with Crippen LogP contribution in [-0.2, 0) is 16.1 Å². The number of imide groups is 1. The minimum Gasteiger partial charge on any atom is -0.363 e. The molecule has 0 bridgehead atoms. The molecule has 2 aliphatic rings. The molecule has 4 amide bonds. The highest BCUT2D eigenvalue weighted by Crippen LogP contribution is 2.33. The highest BCUT2D eigenvalue weighted by Gasteiger charge is 2.50. The van der Waals surface area contributed by atoms with Crippen molar-refractivity contribution in [3.05, 3.63) is 23.9 Å². The van der Waals surface area contributed by atoms with Crippen molar-refractivity contribution >= 4 is 23.7 Å². The molecule has 2 N–H and O–H groups in total. The second kappa shape index (κ2) is 7.94. The molecule has 1 spiro atoms. The van der Waals surface area contributed by atoms with Gasteiger partial charge >= 0.3 is 6.03 Å². The van der Waals surface area contributed by atoms with Crippen molar-refractivity contribution in [3.63, 3.8) is 0 Å². The lowest BCUT2D eigenvalue weighted by molar-refractivity contribution is -0.132. The highest BCUT2D eigenvalue weighted by atomic mass is 16.2. The van der Waals surface area contributed by atoms with Crippen molar-refractivity contribution < 1.29 is 14.4 Å². The van der Waals surface area contributed by atoms with Gasteiger partial charge in [-0.2, -0.15) is 0 Å². The molecule has 0 atom stereocenters. The number of carbonyl (C=O) groups excluding carboxylic acids is 3. The third-order valence-corrected chi connectivity index (χ3v) is 5.27. The van der Waals surface area contributed by atoms with Crippen LogP contribution in [0.1, 0.15) is 44.1 Å². The zero-order valence-corrected chi connectivity index (χ0v) is 16.0. The van der Waals surface area contributed by atoms with Crippen molar-refractivity contribution in [2.24, 2.45) is 0 Å². The van der Waals surface area contributed by atoms with E-state index in [0.717, 1.165) is 30.6 Å². The molecule has 0 radical (unpaired) electrons. The number of hydrogen-bond acceptors (Lipinski definition) is 5. The van der Waals surface area contributed by atoms with Crippen LogP contribution in [0.15, 0.2) is 18.3 Å². The normalized spacial score (nSPS) is 18.5. The Hall–Kier alpha value is -2.64. The molecule has 1 aliphatic heterocycles. The van der Waals surface area contributed by atoms with Crippen LogP contribution >= 0.6 is 0 Å². The van der Waals surface area contributed by atoms with Gasteiger partial charge in [0.15, 0.2) is 0 Å². The van der Waals surface area contributed by atoms with Gasteiger partial charge in [0.25, 0.3) is 5.91 Å².